The first-order valence-corrected chi connectivity index (χ1v) is 18.6. The molecule has 6 nitrogen and oxygen atoms in total. The van der Waals surface area contributed by atoms with Crippen molar-refractivity contribution in [1.82, 2.24) is 24.1 Å². The van der Waals surface area contributed by atoms with Gasteiger partial charge in [0.1, 0.15) is 11.2 Å². The largest absolute Gasteiger partial charge is 0.455 e. The van der Waals surface area contributed by atoms with Gasteiger partial charge >= 0.3 is 0 Å². The molecule has 0 spiro atoms. The van der Waals surface area contributed by atoms with Crippen LogP contribution in [-0.2, 0) is 0 Å². The molecule has 0 atom stereocenters. The molecule has 6 heteroatoms. The van der Waals surface area contributed by atoms with Crippen molar-refractivity contribution in [2.75, 3.05) is 0 Å². The molecular formula is C51H31N5O. The van der Waals surface area contributed by atoms with Gasteiger partial charge in [-0.15, -0.1) is 0 Å². The van der Waals surface area contributed by atoms with Crippen LogP contribution in [0.1, 0.15) is 8.22 Å². The molecule has 12 aromatic rings. The average molecular weight is 736 g/mol. The summed E-state index contributed by atoms with van der Waals surface area (Å²) in [4.78, 5) is 14.9. The number of rotatable bonds is 5. The lowest BCUT2D eigenvalue weighted by atomic mass is 10.1. The van der Waals surface area contributed by atoms with Crippen LogP contribution in [0.2, 0.25) is 0 Å². The zero-order valence-corrected chi connectivity index (χ0v) is 30.1. The number of aromatic nitrogens is 5. The van der Waals surface area contributed by atoms with Crippen molar-refractivity contribution in [2.45, 2.75) is 0 Å². The van der Waals surface area contributed by atoms with E-state index in [4.69, 9.17) is 23.5 Å². The van der Waals surface area contributed by atoms with E-state index in [-0.39, 0.29) is 36.3 Å². The Labute approximate surface area is 335 Å². The molecule has 0 aliphatic heterocycles. The van der Waals surface area contributed by atoms with Crippen molar-refractivity contribution in [3.8, 4) is 45.5 Å². The Bertz CT molecular complexity index is 3810. The molecule has 0 aliphatic rings. The Kier molecular flexibility index (Phi) is 5.64. The lowest BCUT2D eigenvalue weighted by Crippen LogP contribution is -2.00. The Hall–Kier alpha value is -7.83. The van der Waals surface area contributed by atoms with E-state index in [1.165, 1.54) is 12.1 Å². The summed E-state index contributed by atoms with van der Waals surface area (Å²) in [6, 6.07) is 47.5. The van der Waals surface area contributed by atoms with Crippen LogP contribution in [0.15, 0.2) is 192 Å². The highest BCUT2D eigenvalue weighted by Crippen LogP contribution is 2.43. The van der Waals surface area contributed by atoms with Gasteiger partial charge in [0.25, 0.3) is 0 Å². The predicted octanol–water partition coefficient (Wildman–Crippen LogP) is 13.0. The summed E-state index contributed by atoms with van der Waals surface area (Å²) in [6.45, 7) is 0. The molecule has 57 heavy (non-hydrogen) atoms. The SMILES string of the molecule is [2H]c1cc([2H])c2c(c1)c1c([2H])c([2H])c3c4cc([2H])cc([2H])c4n(-c4ccc5oc6c(-c7nc(-c8ccccc8)nc(-c8ccccc8)n7)cccc6c5c4)c3c1n2-c1ccccc1. The van der Waals surface area contributed by atoms with Crippen LogP contribution in [0.5, 0.6) is 0 Å². The maximum Gasteiger partial charge on any atom is 0.167 e. The Morgan fingerprint density at radius 3 is 1.60 bits per heavy atom. The van der Waals surface area contributed by atoms with Crippen molar-refractivity contribution >= 4 is 65.6 Å². The zero-order valence-electron chi connectivity index (χ0n) is 36.1. The van der Waals surface area contributed by atoms with Crippen LogP contribution in [0.4, 0.5) is 0 Å². The normalized spacial score (nSPS) is 13.3. The van der Waals surface area contributed by atoms with Crippen molar-refractivity contribution in [3.63, 3.8) is 0 Å². The van der Waals surface area contributed by atoms with Gasteiger partial charge < -0.3 is 13.6 Å². The molecule has 4 heterocycles. The molecule has 12 rings (SSSR count). The fraction of sp³-hybridized carbons (Fsp3) is 0. The van der Waals surface area contributed by atoms with Crippen LogP contribution in [-0.4, -0.2) is 24.1 Å². The topological polar surface area (TPSA) is 61.7 Å². The molecule has 0 unspecified atom stereocenters. The molecule has 0 aliphatic carbocycles. The first-order chi connectivity index (χ1) is 30.7. The second-order valence-corrected chi connectivity index (χ2v) is 13.9. The van der Waals surface area contributed by atoms with Gasteiger partial charge in [-0.05, 0) is 48.5 Å². The average Bonchev–Trinajstić information content (AvgIpc) is 3.97. The lowest BCUT2D eigenvalue weighted by molar-refractivity contribution is 0.669. The lowest BCUT2D eigenvalue weighted by Gasteiger charge is -2.12. The Balaban J connectivity index is 1.17. The Morgan fingerprint density at radius 2 is 0.982 bits per heavy atom. The van der Waals surface area contributed by atoms with Crippen molar-refractivity contribution in [2.24, 2.45) is 0 Å². The molecule has 0 bridgehead atoms. The summed E-state index contributed by atoms with van der Waals surface area (Å²) in [6.07, 6.45) is 0. The second kappa shape index (κ2) is 12.3. The van der Waals surface area contributed by atoms with Gasteiger partial charge in [0.05, 0.1) is 35.9 Å². The fourth-order valence-corrected chi connectivity index (χ4v) is 8.17. The summed E-state index contributed by atoms with van der Waals surface area (Å²) >= 11 is 0. The van der Waals surface area contributed by atoms with Crippen LogP contribution >= 0.6 is 0 Å². The first kappa shape index (κ1) is 26.1. The zero-order chi connectivity index (χ0) is 42.7. The standard InChI is InChI=1S/C51H31N5O/c1-4-15-32(16-5-1)49-52-50(33-17-6-2-7-18-33)54-51(53-49)41-24-14-23-40-42-31-35(27-30-45(42)57-48(40)41)56-44-26-13-11-22-37(44)39-29-28-38-36-21-10-12-25-43(36)55(46(38)47(39)56)34-19-8-3-9-20-34/h1-31H/i10D,11D,25D,26D,28D,29D. The summed E-state index contributed by atoms with van der Waals surface area (Å²) < 4.78 is 65.4. The quantitative estimate of drug-likeness (QED) is 0.177. The summed E-state index contributed by atoms with van der Waals surface area (Å²) in [5, 5.41) is 3.46. The number of fused-ring (bicyclic) bond motifs is 10. The maximum absolute atomic E-state index is 9.57. The van der Waals surface area contributed by atoms with Gasteiger partial charge in [-0.2, -0.15) is 0 Å². The fourth-order valence-electron chi connectivity index (χ4n) is 8.17. The van der Waals surface area contributed by atoms with E-state index >= 15 is 0 Å². The van der Waals surface area contributed by atoms with Gasteiger partial charge in [0, 0.05) is 54.8 Å². The van der Waals surface area contributed by atoms with E-state index in [1.54, 1.807) is 12.1 Å². The summed E-state index contributed by atoms with van der Waals surface area (Å²) in [5.74, 6) is 1.52. The molecule has 0 saturated carbocycles. The van der Waals surface area contributed by atoms with Gasteiger partial charge in [0.2, 0.25) is 0 Å². The van der Waals surface area contributed by atoms with E-state index in [2.05, 4.69) is 0 Å². The van der Waals surface area contributed by atoms with Gasteiger partial charge in [-0.1, -0.05) is 139 Å². The van der Waals surface area contributed by atoms with E-state index in [9.17, 15) is 4.11 Å². The highest BCUT2D eigenvalue weighted by molar-refractivity contribution is 6.24. The van der Waals surface area contributed by atoms with Crippen LogP contribution < -0.4 is 0 Å². The first-order valence-electron chi connectivity index (χ1n) is 21.6. The third kappa shape index (κ3) is 4.81. The minimum Gasteiger partial charge on any atom is -0.455 e. The highest BCUT2D eigenvalue weighted by Gasteiger charge is 2.23. The van der Waals surface area contributed by atoms with E-state index in [0.717, 1.165) is 27.6 Å². The van der Waals surface area contributed by atoms with Gasteiger partial charge in [0.15, 0.2) is 17.5 Å². The number of para-hydroxylation sites is 4. The van der Waals surface area contributed by atoms with E-state index < -0.39 is 0 Å². The molecule has 8 aromatic carbocycles. The second-order valence-electron chi connectivity index (χ2n) is 13.9. The maximum atomic E-state index is 9.57. The molecular weight excluding hydrogens is 699 g/mol. The van der Waals surface area contributed by atoms with Crippen LogP contribution in [0.3, 0.4) is 0 Å². The minimum atomic E-state index is -0.0677. The number of benzene rings is 8. The third-order valence-corrected chi connectivity index (χ3v) is 10.7. The van der Waals surface area contributed by atoms with Crippen LogP contribution in [0, 0.1) is 0 Å². The van der Waals surface area contributed by atoms with Gasteiger partial charge in [-0.25, -0.2) is 15.0 Å². The molecule has 0 fully saturated rings. The third-order valence-electron chi connectivity index (χ3n) is 10.7. The number of hydrogen-bond acceptors (Lipinski definition) is 4. The summed E-state index contributed by atoms with van der Waals surface area (Å²) in [5.41, 5.74) is 7.07. The number of furan rings is 1. The number of hydrogen-bond donors (Lipinski definition) is 0. The molecule has 266 valence electrons. The highest BCUT2D eigenvalue weighted by atomic mass is 16.3. The molecule has 0 amide bonds. The minimum absolute atomic E-state index is 0.0591. The molecule has 0 N–H and O–H groups in total. The monoisotopic (exact) mass is 735 g/mol. The van der Waals surface area contributed by atoms with Gasteiger partial charge in [-0.3, -0.25) is 0 Å². The van der Waals surface area contributed by atoms with E-state index in [0.29, 0.717) is 83.5 Å². The van der Waals surface area contributed by atoms with Crippen LogP contribution in [0.25, 0.3) is 111 Å². The van der Waals surface area contributed by atoms with Crippen molar-refractivity contribution in [3.05, 3.63) is 188 Å². The summed E-state index contributed by atoms with van der Waals surface area (Å²) in [7, 11) is 0. The molecule has 0 saturated heterocycles. The van der Waals surface area contributed by atoms with Crippen molar-refractivity contribution in [1.29, 1.82) is 0 Å². The predicted molar refractivity (Wildman–Crippen MR) is 232 cm³/mol. The smallest absolute Gasteiger partial charge is 0.167 e. The number of nitrogens with zero attached hydrogens (tertiary/aromatic N) is 5. The van der Waals surface area contributed by atoms with E-state index in [1.807, 2.05) is 137 Å². The van der Waals surface area contributed by atoms with Crippen molar-refractivity contribution < 1.29 is 12.6 Å². The molecule has 0 radical (unpaired) electrons. The molecule has 4 aromatic heterocycles. The Morgan fingerprint density at radius 1 is 0.421 bits per heavy atom.